The molecule has 1 unspecified atom stereocenters. The van der Waals surface area contributed by atoms with Crippen molar-refractivity contribution in [1.29, 1.82) is 5.41 Å². The zero-order chi connectivity index (χ0) is 19.6. The Morgan fingerprint density at radius 2 is 2.26 bits per heavy atom. The Hall–Kier alpha value is -3.04. The third kappa shape index (κ3) is 3.88. The minimum atomic E-state index is -4.60. The van der Waals surface area contributed by atoms with E-state index in [1.54, 1.807) is 4.90 Å². The van der Waals surface area contributed by atoms with E-state index in [2.05, 4.69) is 16.7 Å². The van der Waals surface area contributed by atoms with Crippen LogP contribution in [0, 0.1) is 5.41 Å². The van der Waals surface area contributed by atoms with Gasteiger partial charge in [0.2, 0.25) is 11.7 Å². The fourth-order valence-corrected chi connectivity index (χ4v) is 2.96. The van der Waals surface area contributed by atoms with Crippen LogP contribution in [0.4, 0.5) is 13.2 Å². The molecule has 0 radical (unpaired) electrons. The maximum Gasteiger partial charge on any atom is 0.419 e. The van der Waals surface area contributed by atoms with Crippen LogP contribution >= 0.6 is 0 Å². The van der Waals surface area contributed by atoms with Crippen molar-refractivity contribution in [1.82, 2.24) is 15.0 Å². The van der Waals surface area contributed by atoms with Crippen LogP contribution in [-0.2, 0) is 6.18 Å². The van der Waals surface area contributed by atoms with Gasteiger partial charge in [0.25, 0.3) is 0 Å². The number of nitrogens with one attached hydrogen (secondary N) is 1. The van der Waals surface area contributed by atoms with Crippen LogP contribution < -0.4 is 10.5 Å². The van der Waals surface area contributed by atoms with Crippen molar-refractivity contribution >= 4 is 5.96 Å². The van der Waals surface area contributed by atoms with Gasteiger partial charge in [-0.1, -0.05) is 17.8 Å². The molecular weight excluding hydrogens is 363 g/mol. The number of aromatic nitrogens is 2. The summed E-state index contributed by atoms with van der Waals surface area (Å²) in [5.41, 5.74) is 4.76. The first-order valence-electron chi connectivity index (χ1n) is 8.21. The summed E-state index contributed by atoms with van der Waals surface area (Å²) in [6.07, 6.45) is -1.77. The molecule has 1 fully saturated rings. The second kappa shape index (κ2) is 7.29. The molecule has 0 amide bonds. The summed E-state index contributed by atoms with van der Waals surface area (Å²) in [7, 11) is 0. The third-order valence-corrected chi connectivity index (χ3v) is 4.19. The topological polar surface area (TPSA) is 101 Å². The van der Waals surface area contributed by atoms with E-state index in [9.17, 15) is 13.2 Å². The molecule has 1 aliphatic rings. The molecule has 3 rings (SSSR count). The summed E-state index contributed by atoms with van der Waals surface area (Å²) >= 11 is 0. The first-order valence-corrected chi connectivity index (χ1v) is 8.21. The zero-order valence-corrected chi connectivity index (χ0v) is 14.3. The number of nitrogens with two attached hydrogens (primary N) is 1. The van der Waals surface area contributed by atoms with Gasteiger partial charge in [0, 0.05) is 12.1 Å². The van der Waals surface area contributed by atoms with Crippen molar-refractivity contribution in [2.45, 2.75) is 25.1 Å². The van der Waals surface area contributed by atoms with Gasteiger partial charge >= 0.3 is 6.18 Å². The highest BCUT2D eigenvalue weighted by Gasteiger charge is 2.36. The quantitative estimate of drug-likeness (QED) is 0.468. The zero-order valence-electron chi connectivity index (χ0n) is 14.3. The molecule has 3 N–H and O–H groups in total. The van der Waals surface area contributed by atoms with Crippen molar-refractivity contribution in [3.63, 3.8) is 0 Å². The number of hydrogen-bond acceptors (Lipinski definition) is 5. The molecule has 0 spiro atoms. The number of likely N-dealkylation sites (tertiary alicyclic amines) is 1. The Morgan fingerprint density at radius 1 is 1.48 bits per heavy atom. The SMILES string of the molecule is C=CCOc1ccc(-c2noc(C3CCCN3C(=N)N)n2)cc1C(F)(F)F. The third-order valence-electron chi connectivity index (χ3n) is 4.19. The average molecular weight is 381 g/mol. The molecule has 1 aliphatic heterocycles. The summed E-state index contributed by atoms with van der Waals surface area (Å²) in [6, 6.07) is 3.22. The highest BCUT2D eigenvalue weighted by atomic mass is 19.4. The number of benzene rings is 1. The van der Waals surface area contributed by atoms with Crippen molar-refractivity contribution in [2.24, 2.45) is 5.73 Å². The average Bonchev–Trinajstić information content (AvgIpc) is 3.27. The molecular formula is C17H18F3N5O2. The lowest BCUT2D eigenvalue weighted by Crippen LogP contribution is -2.35. The molecule has 0 aliphatic carbocycles. The summed E-state index contributed by atoms with van der Waals surface area (Å²) in [5.74, 6) is -0.159. The fraction of sp³-hybridized carbons (Fsp3) is 0.353. The largest absolute Gasteiger partial charge is 0.489 e. The smallest absolute Gasteiger partial charge is 0.419 e. The molecule has 2 aromatic rings. The fourth-order valence-electron chi connectivity index (χ4n) is 2.96. The van der Waals surface area contributed by atoms with Gasteiger partial charge in [0.1, 0.15) is 18.4 Å². The van der Waals surface area contributed by atoms with E-state index in [4.69, 9.17) is 20.4 Å². The molecule has 144 valence electrons. The molecule has 10 heteroatoms. The number of alkyl halides is 3. The highest BCUT2D eigenvalue weighted by Crippen LogP contribution is 2.39. The van der Waals surface area contributed by atoms with Gasteiger partial charge in [-0.15, -0.1) is 0 Å². The molecule has 1 aromatic heterocycles. The van der Waals surface area contributed by atoms with E-state index in [-0.39, 0.29) is 41.6 Å². The van der Waals surface area contributed by atoms with Crippen LogP contribution in [0.25, 0.3) is 11.4 Å². The van der Waals surface area contributed by atoms with Gasteiger partial charge < -0.3 is 19.9 Å². The van der Waals surface area contributed by atoms with Crippen molar-refractivity contribution < 1.29 is 22.4 Å². The van der Waals surface area contributed by atoms with E-state index in [0.717, 1.165) is 12.5 Å². The van der Waals surface area contributed by atoms with Gasteiger partial charge in [-0.05, 0) is 31.0 Å². The Balaban J connectivity index is 1.92. The van der Waals surface area contributed by atoms with Crippen molar-refractivity contribution in [3.8, 4) is 17.1 Å². The molecule has 0 bridgehead atoms. The van der Waals surface area contributed by atoms with E-state index in [1.807, 2.05) is 0 Å². The predicted molar refractivity (Wildman–Crippen MR) is 91.0 cm³/mol. The Kier molecular flexibility index (Phi) is 5.06. The lowest BCUT2D eigenvalue weighted by Gasteiger charge is -2.21. The normalized spacial score (nSPS) is 17.1. The Labute approximate surface area is 153 Å². The Morgan fingerprint density at radius 3 is 2.93 bits per heavy atom. The Bertz CT molecular complexity index is 849. The van der Waals surface area contributed by atoms with Crippen LogP contribution in [-0.4, -0.2) is 34.2 Å². The summed E-state index contributed by atoms with van der Waals surface area (Å²) in [6.45, 7) is 3.97. The predicted octanol–water partition coefficient (Wildman–Crippen LogP) is 3.35. The summed E-state index contributed by atoms with van der Waals surface area (Å²) in [5, 5.41) is 11.4. The molecule has 2 heterocycles. The van der Waals surface area contributed by atoms with Crippen LogP contribution in [0.5, 0.6) is 5.75 Å². The lowest BCUT2D eigenvalue weighted by molar-refractivity contribution is -0.138. The minimum Gasteiger partial charge on any atom is -0.489 e. The maximum absolute atomic E-state index is 13.3. The van der Waals surface area contributed by atoms with E-state index in [0.29, 0.717) is 13.0 Å². The molecule has 1 atom stereocenters. The van der Waals surface area contributed by atoms with Crippen LogP contribution in [0.2, 0.25) is 0 Å². The molecule has 27 heavy (non-hydrogen) atoms. The number of ether oxygens (including phenoxy) is 1. The van der Waals surface area contributed by atoms with Crippen LogP contribution in [0.3, 0.4) is 0 Å². The van der Waals surface area contributed by atoms with Gasteiger partial charge in [-0.2, -0.15) is 18.2 Å². The molecule has 0 saturated carbocycles. The van der Waals surface area contributed by atoms with E-state index >= 15 is 0 Å². The summed E-state index contributed by atoms with van der Waals surface area (Å²) < 4.78 is 50.4. The monoisotopic (exact) mass is 381 g/mol. The second-order valence-corrected chi connectivity index (χ2v) is 6.00. The van der Waals surface area contributed by atoms with E-state index in [1.165, 1.54) is 18.2 Å². The first-order chi connectivity index (χ1) is 12.8. The maximum atomic E-state index is 13.3. The molecule has 1 saturated heterocycles. The van der Waals surface area contributed by atoms with E-state index < -0.39 is 11.7 Å². The number of guanidine groups is 1. The summed E-state index contributed by atoms with van der Waals surface area (Å²) in [4.78, 5) is 5.83. The van der Waals surface area contributed by atoms with Gasteiger partial charge in [0.15, 0.2) is 5.96 Å². The second-order valence-electron chi connectivity index (χ2n) is 6.00. The van der Waals surface area contributed by atoms with Gasteiger partial charge in [0.05, 0.1) is 5.56 Å². The minimum absolute atomic E-state index is 0.0289. The number of rotatable bonds is 5. The number of halogens is 3. The molecule has 1 aromatic carbocycles. The number of nitrogens with zero attached hydrogens (tertiary/aromatic N) is 3. The van der Waals surface area contributed by atoms with Crippen LogP contribution in [0.1, 0.15) is 30.3 Å². The van der Waals surface area contributed by atoms with Crippen molar-refractivity contribution in [3.05, 3.63) is 42.3 Å². The van der Waals surface area contributed by atoms with Gasteiger partial charge in [-0.3, -0.25) is 5.41 Å². The lowest BCUT2D eigenvalue weighted by atomic mass is 10.1. The van der Waals surface area contributed by atoms with Crippen LogP contribution in [0.15, 0.2) is 35.4 Å². The van der Waals surface area contributed by atoms with Gasteiger partial charge in [-0.25, -0.2) is 0 Å². The molecule has 7 nitrogen and oxygen atoms in total. The standard InChI is InChI=1S/C17H18F3N5O2/c1-2-8-26-13-6-5-10(9-11(13)17(18,19)20)14-23-15(27-24-14)12-4-3-7-25(12)16(21)22/h2,5-6,9,12H,1,3-4,7-8H2,(H3,21,22). The first kappa shape index (κ1) is 18.7. The highest BCUT2D eigenvalue weighted by molar-refractivity contribution is 5.75. The number of hydrogen-bond donors (Lipinski definition) is 2. The van der Waals surface area contributed by atoms with Crippen molar-refractivity contribution in [2.75, 3.05) is 13.2 Å².